The van der Waals surface area contributed by atoms with Crippen molar-refractivity contribution in [2.24, 2.45) is 0 Å². The number of piperidine rings is 1. The van der Waals surface area contributed by atoms with E-state index < -0.39 is 0 Å². The number of nitrogens with zero attached hydrogens (tertiary/aromatic N) is 2. The number of methoxy groups -OCH3 is 1. The molecule has 4 rings (SSSR count). The SMILES string of the molecule is COc1ccc(-c2noc(CCCC(=O)NC3CC4CCC(C3)N4)n2)cc1. The minimum atomic E-state index is 0.121. The molecule has 27 heavy (non-hydrogen) atoms. The van der Waals surface area contributed by atoms with Crippen molar-refractivity contribution in [3.63, 3.8) is 0 Å². The zero-order valence-corrected chi connectivity index (χ0v) is 15.6. The largest absolute Gasteiger partial charge is 0.497 e. The van der Waals surface area contributed by atoms with E-state index in [1.807, 2.05) is 24.3 Å². The first-order chi connectivity index (χ1) is 13.2. The molecule has 7 nitrogen and oxygen atoms in total. The minimum Gasteiger partial charge on any atom is -0.497 e. The second-order valence-corrected chi connectivity index (χ2v) is 7.47. The van der Waals surface area contributed by atoms with Crippen molar-refractivity contribution in [1.82, 2.24) is 20.8 Å². The van der Waals surface area contributed by atoms with Crippen LogP contribution in [0.1, 0.15) is 44.4 Å². The van der Waals surface area contributed by atoms with E-state index in [1.54, 1.807) is 7.11 Å². The Morgan fingerprint density at radius 1 is 1.26 bits per heavy atom. The predicted molar refractivity (Wildman–Crippen MR) is 100 cm³/mol. The summed E-state index contributed by atoms with van der Waals surface area (Å²) in [7, 11) is 1.63. The maximum atomic E-state index is 12.2. The summed E-state index contributed by atoms with van der Waals surface area (Å²) in [6.07, 6.45) is 6.38. The second kappa shape index (κ2) is 8.08. The average Bonchev–Trinajstić information content (AvgIpc) is 3.28. The summed E-state index contributed by atoms with van der Waals surface area (Å²) in [5.41, 5.74) is 0.879. The van der Waals surface area contributed by atoms with E-state index in [-0.39, 0.29) is 5.91 Å². The Kier molecular flexibility index (Phi) is 5.38. The molecule has 0 saturated carbocycles. The first-order valence-electron chi connectivity index (χ1n) is 9.72. The zero-order chi connectivity index (χ0) is 18.6. The van der Waals surface area contributed by atoms with Crippen LogP contribution in [-0.2, 0) is 11.2 Å². The van der Waals surface area contributed by atoms with Gasteiger partial charge in [-0.1, -0.05) is 5.16 Å². The minimum absolute atomic E-state index is 0.121. The fraction of sp³-hybridized carbons (Fsp3) is 0.550. The van der Waals surface area contributed by atoms with E-state index in [1.165, 1.54) is 12.8 Å². The highest BCUT2D eigenvalue weighted by molar-refractivity contribution is 5.76. The Hall–Kier alpha value is -2.41. The lowest BCUT2D eigenvalue weighted by atomic mass is 9.99. The van der Waals surface area contributed by atoms with Crippen molar-refractivity contribution >= 4 is 5.91 Å². The number of hydrogen-bond acceptors (Lipinski definition) is 6. The fourth-order valence-corrected chi connectivity index (χ4v) is 4.09. The number of aromatic nitrogens is 2. The molecular formula is C20H26N4O3. The summed E-state index contributed by atoms with van der Waals surface area (Å²) in [6.45, 7) is 0. The first kappa shape index (κ1) is 18.0. The van der Waals surface area contributed by atoms with Crippen LogP contribution >= 0.6 is 0 Å². The van der Waals surface area contributed by atoms with Crippen molar-refractivity contribution in [2.45, 2.75) is 63.1 Å². The van der Waals surface area contributed by atoms with Gasteiger partial charge in [0, 0.05) is 36.5 Å². The number of amides is 1. The maximum Gasteiger partial charge on any atom is 0.226 e. The Morgan fingerprint density at radius 3 is 2.70 bits per heavy atom. The van der Waals surface area contributed by atoms with Gasteiger partial charge < -0.3 is 19.9 Å². The molecule has 7 heteroatoms. The monoisotopic (exact) mass is 370 g/mol. The van der Waals surface area contributed by atoms with Crippen molar-refractivity contribution in [2.75, 3.05) is 7.11 Å². The number of ether oxygens (including phenoxy) is 1. The third-order valence-electron chi connectivity index (χ3n) is 5.45. The molecule has 2 saturated heterocycles. The number of carbonyl (C=O) groups excluding carboxylic acids is 1. The molecule has 1 aromatic carbocycles. The number of fused-ring (bicyclic) bond motifs is 2. The van der Waals surface area contributed by atoms with Gasteiger partial charge in [0.1, 0.15) is 5.75 Å². The second-order valence-electron chi connectivity index (χ2n) is 7.47. The van der Waals surface area contributed by atoms with E-state index in [9.17, 15) is 4.79 Å². The molecule has 2 unspecified atom stereocenters. The van der Waals surface area contributed by atoms with Gasteiger partial charge in [0.15, 0.2) is 0 Å². The van der Waals surface area contributed by atoms with E-state index in [0.29, 0.717) is 49.1 Å². The Bertz CT molecular complexity index is 762. The van der Waals surface area contributed by atoms with Gasteiger partial charge in [-0.3, -0.25) is 4.79 Å². The highest BCUT2D eigenvalue weighted by atomic mass is 16.5. The van der Waals surface area contributed by atoms with Gasteiger partial charge in [-0.2, -0.15) is 4.98 Å². The van der Waals surface area contributed by atoms with E-state index in [4.69, 9.17) is 9.26 Å². The van der Waals surface area contributed by atoms with Crippen molar-refractivity contribution in [1.29, 1.82) is 0 Å². The molecule has 1 aromatic heterocycles. The van der Waals surface area contributed by atoms with Gasteiger partial charge in [-0.05, 0) is 56.4 Å². The third kappa shape index (κ3) is 4.47. The zero-order valence-electron chi connectivity index (χ0n) is 15.6. The Morgan fingerprint density at radius 2 is 2.00 bits per heavy atom. The molecule has 0 radical (unpaired) electrons. The smallest absolute Gasteiger partial charge is 0.226 e. The van der Waals surface area contributed by atoms with Crippen LogP contribution in [0.25, 0.3) is 11.4 Å². The fourth-order valence-electron chi connectivity index (χ4n) is 4.09. The molecule has 2 aliphatic heterocycles. The van der Waals surface area contributed by atoms with Gasteiger partial charge in [0.25, 0.3) is 0 Å². The Labute approximate surface area is 158 Å². The summed E-state index contributed by atoms with van der Waals surface area (Å²) in [5, 5.41) is 10.8. The lowest BCUT2D eigenvalue weighted by Crippen LogP contribution is -2.48. The number of carbonyl (C=O) groups is 1. The molecule has 3 heterocycles. The van der Waals surface area contributed by atoms with Crippen molar-refractivity contribution < 1.29 is 14.1 Å². The third-order valence-corrected chi connectivity index (χ3v) is 5.45. The summed E-state index contributed by atoms with van der Waals surface area (Å²) in [5.74, 6) is 2.03. The molecule has 0 aliphatic carbocycles. The molecule has 2 aromatic rings. The molecule has 2 fully saturated rings. The average molecular weight is 370 g/mol. The molecule has 144 valence electrons. The van der Waals surface area contributed by atoms with E-state index in [0.717, 1.165) is 24.2 Å². The quantitative estimate of drug-likeness (QED) is 0.778. The van der Waals surface area contributed by atoms with Crippen LogP contribution in [0.3, 0.4) is 0 Å². The van der Waals surface area contributed by atoms with Gasteiger partial charge in [0.05, 0.1) is 7.11 Å². The van der Waals surface area contributed by atoms with Gasteiger partial charge in [-0.25, -0.2) is 0 Å². The van der Waals surface area contributed by atoms with Crippen molar-refractivity contribution in [3.05, 3.63) is 30.2 Å². The summed E-state index contributed by atoms with van der Waals surface area (Å²) >= 11 is 0. The molecule has 2 bridgehead atoms. The van der Waals surface area contributed by atoms with Crippen molar-refractivity contribution in [3.8, 4) is 17.1 Å². The van der Waals surface area contributed by atoms with Crippen LogP contribution in [0.15, 0.2) is 28.8 Å². The first-order valence-corrected chi connectivity index (χ1v) is 9.72. The highest BCUT2D eigenvalue weighted by Gasteiger charge is 2.33. The van der Waals surface area contributed by atoms with Gasteiger partial charge >= 0.3 is 0 Å². The standard InChI is InChI=1S/C20H26N4O3/c1-26-17-9-5-13(6-10-17)20-23-19(27-24-20)4-2-3-18(25)22-16-11-14-7-8-15(12-16)21-14/h5-6,9-10,14-16,21H,2-4,7-8,11-12H2,1H3,(H,22,25). The lowest BCUT2D eigenvalue weighted by Gasteiger charge is -2.29. The lowest BCUT2D eigenvalue weighted by molar-refractivity contribution is -0.122. The number of aryl methyl sites for hydroxylation is 1. The summed E-state index contributed by atoms with van der Waals surface area (Å²) < 4.78 is 10.5. The summed E-state index contributed by atoms with van der Waals surface area (Å²) in [6, 6.07) is 9.01. The van der Waals surface area contributed by atoms with Crippen LogP contribution in [0.5, 0.6) is 5.75 Å². The van der Waals surface area contributed by atoms with Crippen LogP contribution < -0.4 is 15.4 Å². The number of hydrogen-bond donors (Lipinski definition) is 2. The van der Waals surface area contributed by atoms with Crippen LogP contribution in [0, 0.1) is 0 Å². The normalized spacial score (nSPS) is 24.0. The van der Waals surface area contributed by atoms with E-state index >= 15 is 0 Å². The van der Waals surface area contributed by atoms with Gasteiger partial charge in [-0.15, -0.1) is 0 Å². The summed E-state index contributed by atoms with van der Waals surface area (Å²) in [4.78, 5) is 16.6. The molecule has 1 amide bonds. The maximum absolute atomic E-state index is 12.2. The molecule has 2 atom stereocenters. The van der Waals surface area contributed by atoms with Gasteiger partial charge in [0.2, 0.25) is 17.6 Å². The molecule has 2 aliphatic rings. The molecule has 2 N–H and O–H groups in total. The topological polar surface area (TPSA) is 89.3 Å². The van der Waals surface area contributed by atoms with Crippen LogP contribution in [0.2, 0.25) is 0 Å². The van der Waals surface area contributed by atoms with Crippen LogP contribution in [-0.4, -0.2) is 41.3 Å². The Balaban J connectivity index is 1.22. The highest BCUT2D eigenvalue weighted by Crippen LogP contribution is 2.26. The van der Waals surface area contributed by atoms with E-state index in [2.05, 4.69) is 20.8 Å². The number of rotatable bonds is 7. The number of nitrogens with one attached hydrogen (secondary N) is 2. The number of benzene rings is 1. The predicted octanol–water partition coefficient (Wildman–Crippen LogP) is 2.47. The molecular weight excluding hydrogens is 344 g/mol. The molecule has 0 spiro atoms. The van der Waals surface area contributed by atoms with Crippen LogP contribution in [0.4, 0.5) is 0 Å².